The number of carbonyl (C=O) groups is 2. The summed E-state index contributed by atoms with van der Waals surface area (Å²) in [5.74, 6) is 0. The van der Waals surface area contributed by atoms with Crippen LogP contribution in [0.1, 0.15) is 20.8 Å². The fourth-order valence-electron chi connectivity index (χ4n) is 0.847. The molecule has 1 N–H and O–H groups in total. The highest BCUT2D eigenvalue weighted by Gasteiger charge is 2.37. The first-order chi connectivity index (χ1) is 6.95. The summed E-state index contributed by atoms with van der Waals surface area (Å²) in [6.07, 6.45) is -7.89. The zero-order valence-electron chi connectivity index (χ0n) is 8.96. The van der Waals surface area contributed by atoms with Crippen molar-refractivity contribution in [1.29, 1.82) is 0 Å². The largest absolute Gasteiger partial charge is 0.465 e. The number of carboxylic acid groups (broad SMARTS) is 1. The van der Waals surface area contributed by atoms with Gasteiger partial charge in [-0.3, -0.25) is 0 Å². The summed E-state index contributed by atoms with van der Waals surface area (Å²) in [5, 5.41) is 8.65. The Labute approximate surface area is 89.8 Å². The lowest BCUT2D eigenvalue weighted by molar-refractivity contribution is -0.162. The second-order valence-corrected chi connectivity index (χ2v) is 3.96. The first kappa shape index (κ1) is 14.5. The lowest BCUT2D eigenvalue weighted by Crippen LogP contribution is -2.49. The summed E-state index contributed by atoms with van der Waals surface area (Å²) < 4.78 is 39.0. The van der Waals surface area contributed by atoms with Crippen molar-refractivity contribution in [2.75, 3.05) is 6.61 Å². The van der Waals surface area contributed by atoms with Crippen molar-refractivity contribution in [3.05, 3.63) is 0 Å². The molecule has 0 aliphatic rings. The molecule has 0 radical (unpaired) electrons. The third kappa shape index (κ3) is 4.85. The number of hydrogen-bond donors (Lipinski definition) is 1. The molecule has 0 heterocycles. The Morgan fingerprint density at radius 1 is 1.25 bits per heavy atom. The average molecular weight is 243 g/mol. The van der Waals surface area contributed by atoms with E-state index >= 15 is 0 Å². The van der Waals surface area contributed by atoms with Crippen molar-refractivity contribution < 1.29 is 32.6 Å². The van der Waals surface area contributed by atoms with E-state index in [1.54, 1.807) is 0 Å². The van der Waals surface area contributed by atoms with Gasteiger partial charge in [-0.25, -0.2) is 14.5 Å². The molecule has 0 spiro atoms. The highest BCUT2D eigenvalue weighted by molar-refractivity contribution is 5.87. The van der Waals surface area contributed by atoms with Gasteiger partial charge in [0.25, 0.3) is 0 Å². The van der Waals surface area contributed by atoms with Gasteiger partial charge in [0.1, 0.15) is 0 Å². The lowest BCUT2D eigenvalue weighted by atomic mass is 10.1. The van der Waals surface area contributed by atoms with Crippen LogP contribution in [0.4, 0.5) is 22.8 Å². The molecule has 5 nitrogen and oxygen atoms in total. The monoisotopic (exact) mass is 243 g/mol. The maximum atomic E-state index is 11.7. The van der Waals surface area contributed by atoms with Gasteiger partial charge < -0.3 is 9.84 Å². The number of imide groups is 1. The molecule has 0 bridgehead atoms. The molecular weight excluding hydrogens is 231 g/mol. The summed E-state index contributed by atoms with van der Waals surface area (Å²) in [5.41, 5.74) is -1.17. The zero-order chi connectivity index (χ0) is 13.1. The van der Waals surface area contributed by atoms with Crippen molar-refractivity contribution in [2.45, 2.75) is 32.5 Å². The molecule has 0 aromatic rings. The third-order valence-electron chi connectivity index (χ3n) is 1.40. The minimum absolute atomic E-state index is 0.193. The van der Waals surface area contributed by atoms with Gasteiger partial charge in [-0.2, -0.15) is 13.2 Å². The van der Waals surface area contributed by atoms with Crippen LogP contribution in [0.3, 0.4) is 0 Å². The number of hydrogen-bond acceptors (Lipinski definition) is 3. The van der Waals surface area contributed by atoms with Gasteiger partial charge in [0.15, 0.2) is 6.61 Å². The van der Waals surface area contributed by atoms with Gasteiger partial charge in [-0.05, 0) is 20.8 Å². The molecule has 8 heteroatoms. The molecule has 0 aromatic carbocycles. The predicted octanol–water partition coefficient (Wildman–Crippen LogP) is 2.46. The molecule has 0 aliphatic carbocycles. The van der Waals surface area contributed by atoms with E-state index < -0.39 is 30.5 Å². The highest BCUT2D eigenvalue weighted by Crippen LogP contribution is 2.18. The van der Waals surface area contributed by atoms with E-state index in [1.807, 2.05) is 0 Å². The van der Waals surface area contributed by atoms with Crippen LogP contribution in [0.25, 0.3) is 0 Å². The van der Waals surface area contributed by atoms with Gasteiger partial charge in [-0.15, -0.1) is 0 Å². The van der Waals surface area contributed by atoms with Gasteiger partial charge in [0.2, 0.25) is 0 Å². The summed E-state index contributed by atoms with van der Waals surface area (Å²) in [6.45, 7) is 2.26. The maximum absolute atomic E-state index is 11.7. The van der Waals surface area contributed by atoms with Crippen molar-refractivity contribution in [1.82, 2.24) is 4.90 Å². The first-order valence-corrected chi connectivity index (χ1v) is 4.22. The Bertz CT molecular complexity index is 282. The van der Waals surface area contributed by atoms with Crippen LogP contribution in [0.2, 0.25) is 0 Å². The normalized spacial score (nSPS) is 12.1. The van der Waals surface area contributed by atoms with E-state index in [9.17, 15) is 22.8 Å². The van der Waals surface area contributed by atoms with E-state index in [0.717, 1.165) is 0 Å². The Morgan fingerprint density at radius 3 is 1.94 bits per heavy atom. The molecule has 94 valence electrons. The minimum Gasteiger partial charge on any atom is -0.465 e. The Kier molecular flexibility index (Phi) is 4.16. The van der Waals surface area contributed by atoms with Crippen LogP contribution < -0.4 is 0 Å². The summed E-state index contributed by atoms with van der Waals surface area (Å²) in [6, 6.07) is 0. The second kappa shape index (κ2) is 4.58. The van der Waals surface area contributed by atoms with Crippen LogP contribution >= 0.6 is 0 Å². The van der Waals surface area contributed by atoms with Gasteiger partial charge in [0, 0.05) is 5.54 Å². The van der Waals surface area contributed by atoms with Crippen molar-refractivity contribution in [3.63, 3.8) is 0 Å². The van der Waals surface area contributed by atoms with Crippen molar-refractivity contribution in [2.24, 2.45) is 0 Å². The van der Waals surface area contributed by atoms with E-state index in [-0.39, 0.29) is 4.90 Å². The fraction of sp³-hybridized carbons (Fsp3) is 0.750. The molecule has 0 atom stereocenters. The lowest BCUT2D eigenvalue weighted by Gasteiger charge is -2.30. The number of carbonyl (C=O) groups excluding carboxylic acids is 1. The molecule has 0 fully saturated rings. The standard InChI is InChI=1S/C8H12F3NO4/c1-7(2,3)12(5(13)14)6(15)16-4-8(9,10)11/h4H2,1-3H3,(H,13,14). The van der Waals surface area contributed by atoms with Gasteiger partial charge in [-0.1, -0.05) is 0 Å². The number of nitrogens with zero attached hydrogens (tertiary/aromatic N) is 1. The van der Waals surface area contributed by atoms with Crippen LogP contribution in [-0.2, 0) is 4.74 Å². The number of amides is 2. The van der Waals surface area contributed by atoms with E-state index in [1.165, 1.54) is 20.8 Å². The van der Waals surface area contributed by atoms with Crippen LogP contribution in [0.15, 0.2) is 0 Å². The molecule has 0 rings (SSSR count). The van der Waals surface area contributed by atoms with Crippen LogP contribution in [0, 0.1) is 0 Å². The number of ether oxygens (including phenoxy) is 1. The predicted molar refractivity (Wildman–Crippen MR) is 47.0 cm³/mol. The molecule has 16 heavy (non-hydrogen) atoms. The Morgan fingerprint density at radius 2 is 1.69 bits per heavy atom. The zero-order valence-corrected chi connectivity index (χ0v) is 8.96. The molecular formula is C8H12F3NO4. The van der Waals surface area contributed by atoms with Crippen molar-refractivity contribution in [3.8, 4) is 0 Å². The smallest absolute Gasteiger partial charge is 0.422 e. The molecule has 0 aromatic heterocycles. The Balaban J connectivity index is 4.61. The van der Waals surface area contributed by atoms with Crippen LogP contribution in [0.5, 0.6) is 0 Å². The maximum Gasteiger partial charge on any atom is 0.422 e. The quantitative estimate of drug-likeness (QED) is 0.768. The number of alkyl halides is 3. The molecule has 0 aliphatic heterocycles. The van der Waals surface area contributed by atoms with Gasteiger partial charge >= 0.3 is 18.4 Å². The van der Waals surface area contributed by atoms with E-state index in [4.69, 9.17) is 5.11 Å². The van der Waals surface area contributed by atoms with E-state index in [2.05, 4.69) is 4.74 Å². The molecule has 0 unspecified atom stereocenters. The topological polar surface area (TPSA) is 66.8 Å². The number of halogens is 3. The molecule has 0 saturated carbocycles. The Hall–Kier alpha value is -1.47. The summed E-state index contributed by atoms with van der Waals surface area (Å²) in [4.78, 5) is 22.0. The van der Waals surface area contributed by atoms with E-state index in [0.29, 0.717) is 0 Å². The highest BCUT2D eigenvalue weighted by atomic mass is 19.4. The fourth-order valence-corrected chi connectivity index (χ4v) is 0.847. The third-order valence-corrected chi connectivity index (χ3v) is 1.40. The summed E-state index contributed by atoms with van der Waals surface area (Å²) >= 11 is 0. The summed E-state index contributed by atoms with van der Waals surface area (Å²) in [7, 11) is 0. The first-order valence-electron chi connectivity index (χ1n) is 4.22. The second-order valence-electron chi connectivity index (χ2n) is 3.96. The van der Waals surface area contributed by atoms with Crippen LogP contribution in [-0.4, -0.2) is 40.5 Å². The molecule has 2 amide bonds. The minimum atomic E-state index is -4.68. The average Bonchev–Trinajstić information content (AvgIpc) is 1.95. The number of rotatable bonds is 1. The van der Waals surface area contributed by atoms with Crippen molar-refractivity contribution >= 4 is 12.2 Å². The SMILES string of the molecule is CC(C)(C)N(C(=O)O)C(=O)OCC(F)(F)F. The molecule has 0 saturated heterocycles. The van der Waals surface area contributed by atoms with Gasteiger partial charge in [0.05, 0.1) is 0 Å².